The van der Waals surface area contributed by atoms with E-state index in [4.69, 9.17) is 4.74 Å². The lowest BCUT2D eigenvalue weighted by Crippen LogP contribution is -2.57. The van der Waals surface area contributed by atoms with Crippen molar-refractivity contribution in [2.45, 2.75) is 31.4 Å². The summed E-state index contributed by atoms with van der Waals surface area (Å²) in [6, 6.07) is 4.13. The van der Waals surface area contributed by atoms with Crippen LogP contribution in [0.25, 0.3) is 0 Å². The van der Waals surface area contributed by atoms with Crippen molar-refractivity contribution in [3.63, 3.8) is 0 Å². The summed E-state index contributed by atoms with van der Waals surface area (Å²) in [6.07, 6.45) is 2.43. The summed E-state index contributed by atoms with van der Waals surface area (Å²) < 4.78 is 6.15. The topological polar surface area (TPSA) is 32.8 Å². The average molecular weight is 367 g/mol. The molecule has 5 rings (SSSR count). The number of nitrogens with zero attached hydrogens (tertiary/aromatic N) is 2. The van der Waals surface area contributed by atoms with Crippen molar-refractivity contribution < 1.29 is 9.53 Å². The fourth-order valence-corrected chi connectivity index (χ4v) is 6.05. The highest BCUT2D eigenvalue weighted by Gasteiger charge is 2.46. The van der Waals surface area contributed by atoms with Gasteiger partial charge in [0, 0.05) is 36.0 Å². The van der Waals surface area contributed by atoms with E-state index in [9.17, 15) is 4.79 Å². The van der Waals surface area contributed by atoms with Gasteiger partial charge in [0.15, 0.2) is 5.54 Å². The number of hydrogen-bond donors (Lipinski definition) is 0. The first kappa shape index (κ1) is 16.9. The first-order chi connectivity index (χ1) is 11.7. The first-order valence-corrected chi connectivity index (χ1v) is 11.0. The Kier molecular flexibility index (Phi) is 4.91. The monoisotopic (exact) mass is 366 g/mol. The molecule has 0 N–H and O–H groups in total. The maximum atomic E-state index is 13.3. The molecule has 0 amide bonds. The molecule has 4 nitrogen and oxygen atoms in total. The molecule has 4 aliphatic rings. The van der Waals surface area contributed by atoms with E-state index in [-0.39, 0.29) is 12.1 Å². The summed E-state index contributed by atoms with van der Waals surface area (Å²) in [5, 5.41) is 2.06. The molecule has 2 bridgehead atoms. The molecule has 1 aromatic rings. The lowest BCUT2D eigenvalue weighted by Gasteiger charge is -2.46. The zero-order chi connectivity index (χ0) is 16.6. The van der Waals surface area contributed by atoms with Crippen LogP contribution in [-0.4, -0.2) is 66.1 Å². The van der Waals surface area contributed by atoms with Gasteiger partial charge in [0.2, 0.25) is 0 Å². The van der Waals surface area contributed by atoms with Gasteiger partial charge in [0.1, 0.15) is 6.10 Å². The van der Waals surface area contributed by atoms with Gasteiger partial charge in [0.05, 0.1) is 0 Å². The molecule has 0 radical (unpaired) electrons. The Balaban J connectivity index is 1.55. The van der Waals surface area contributed by atoms with E-state index in [1.54, 1.807) is 11.3 Å². The van der Waals surface area contributed by atoms with Crippen molar-refractivity contribution in [2.24, 2.45) is 5.92 Å². The molecule has 0 spiro atoms. The smallest absolute Gasteiger partial charge is 0.332 e. The molecule has 2 unspecified atom stereocenters. The second-order valence-electron chi connectivity index (χ2n) is 7.23. The van der Waals surface area contributed by atoms with Crippen LogP contribution in [0.1, 0.15) is 24.6 Å². The normalized spacial score (nSPS) is 33.1. The molecule has 4 saturated heterocycles. The Morgan fingerprint density at radius 1 is 1.25 bits per heavy atom. The van der Waals surface area contributed by atoms with Gasteiger partial charge in [-0.25, -0.2) is 4.79 Å². The van der Waals surface area contributed by atoms with Crippen LogP contribution in [0, 0.1) is 5.92 Å². The third-order valence-electron chi connectivity index (χ3n) is 5.90. The minimum absolute atomic E-state index is 0.0457. The Morgan fingerprint density at radius 2 is 2.00 bits per heavy atom. The number of fused-ring (bicyclic) bond motifs is 3. The number of esters is 1. The highest BCUT2D eigenvalue weighted by atomic mass is 32.2. The fourth-order valence-electron chi connectivity index (χ4n) is 4.25. The van der Waals surface area contributed by atoms with Crippen molar-refractivity contribution in [2.75, 3.05) is 44.2 Å². The standard InChI is InChI=1S/C18H26N2O2S2/c1-18(16-3-2-10-24-16,20-8-11-23-12-9-20)17(21)22-15-13-19-6-4-14(15)5-7-19/h2-3,10,14-15H,4-9,11-13H2,1H3. The molecule has 0 aromatic carbocycles. The first-order valence-electron chi connectivity index (χ1n) is 8.98. The van der Waals surface area contributed by atoms with Crippen LogP contribution < -0.4 is 0 Å². The van der Waals surface area contributed by atoms with E-state index in [1.807, 2.05) is 17.8 Å². The van der Waals surface area contributed by atoms with Crippen molar-refractivity contribution >= 4 is 29.1 Å². The van der Waals surface area contributed by atoms with E-state index in [0.717, 1.165) is 36.0 Å². The number of thioether (sulfide) groups is 1. The molecule has 6 heteroatoms. The van der Waals surface area contributed by atoms with E-state index >= 15 is 0 Å². The van der Waals surface area contributed by atoms with E-state index in [1.165, 1.54) is 25.9 Å². The van der Waals surface area contributed by atoms with Crippen LogP contribution in [0.4, 0.5) is 0 Å². The van der Waals surface area contributed by atoms with E-state index in [2.05, 4.69) is 28.2 Å². The zero-order valence-corrected chi connectivity index (χ0v) is 15.9. The van der Waals surface area contributed by atoms with Crippen LogP contribution in [0.2, 0.25) is 0 Å². The molecule has 132 valence electrons. The lowest BCUT2D eigenvalue weighted by molar-refractivity contribution is -0.173. The Hall–Kier alpha value is -0.560. The van der Waals surface area contributed by atoms with Crippen molar-refractivity contribution in [1.29, 1.82) is 0 Å². The lowest BCUT2D eigenvalue weighted by atomic mass is 9.85. The molecule has 4 fully saturated rings. The van der Waals surface area contributed by atoms with Crippen LogP contribution in [0.5, 0.6) is 0 Å². The number of carbonyl (C=O) groups excluding carboxylic acids is 1. The van der Waals surface area contributed by atoms with Gasteiger partial charge in [-0.1, -0.05) is 6.07 Å². The summed E-state index contributed by atoms with van der Waals surface area (Å²) in [7, 11) is 0. The maximum absolute atomic E-state index is 13.3. The third kappa shape index (κ3) is 3.02. The highest BCUT2D eigenvalue weighted by Crippen LogP contribution is 2.37. The predicted octanol–water partition coefficient (Wildman–Crippen LogP) is 2.65. The van der Waals surface area contributed by atoms with E-state index in [0.29, 0.717) is 5.92 Å². The number of hydrogen-bond acceptors (Lipinski definition) is 6. The molecule has 4 aliphatic heterocycles. The quantitative estimate of drug-likeness (QED) is 0.765. The molecular formula is C18H26N2O2S2. The van der Waals surface area contributed by atoms with Gasteiger partial charge in [0.25, 0.3) is 0 Å². The van der Waals surface area contributed by atoms with Gasteiger partial charge in [-0.2, -0.15) is 11.8 Å². The van der Waals surface area contributed by atoms with Crippen LogP contribution in [0.3, 0.4) is 0 Å². The number of thiophene rings is 1. The summed E-state index contributed by atoms with van der Waals surface area (Å²) in [5.74, 6) is 2.70. The third-order valence-corrected chi connectivity index (χ3v) is 7.92. The molecule has 2 atom stereocenters. The van der Waals surface area contributed by atoms with Crippen molar-refractivity contribution in [3.05, 3.63) is 22.4 Å². The summed E-state index contributed by atoms with van der Waals surface area (Å²) >= 11 is 3.64. The maximum Gasteiger partial charge on any atom is 0.332 e. The number of rotatable bonds is 4. The van der Waals surface area contributed by atoms with Crippen molar-refractivity contribution in [3.8, 4) is 0 Å². The molecule has 5 heterocycles. The van der Waals surface area contributed by atoms with E-state index < -0.39 is 5.54 Å². The highest BCUT2D eigenvalue weighted by molar-refractivity contribution is 7.99. The molecule has 0 saturated carbocycles. The zero-order valence-electron chi connectivity index (χ0n) is 14.3. The summed E-state index contributed by atoms with van der Waals surface area (Å²) in [4.78, 5) is 19.2. The molecule has 24 heavy (non-hydrogen) atoms. The number of carbonyl (C=O) groups is 1. The van der Waals surface area contributed by atoms with Gasteiger partial charge >= 0.3 is 5.97 Å². The van der Waals surface area contributed by atoms with Crippen LogP contribution >= 0.6 is 23.1 Å². The Morgan fingerprint density at radius 3 is 2.58 bits per heavy atom. The number of piperidine rings is 3. The second kappa shape index (κ2) is 6.98. The summed E-state index contributed by atoms with van der Waals surface area (Å²) in [6.45, 7) is 7.24. The van der Waals surface area contributed by atoms with Crippen LogP contribution in [-0.2, 0) is 15.1 Å². The SMILES string of the molecule is CC(C(=O)OC1CN2CCC1CC2)(c1cccs1)N1CCSCC1. The van der Waals surface area contributed by atoms with Crippen LogP contribution in [0.15, 0.2) is 17.5 Å². The van der Waals surface area contributed by atoms with Gasteiger partial charge in [-0.3, -0.25) is 9.80 Å². The van der Waals surface area contributed by atoms with Crippen molar-refractivity contribution in [1.82, 2.24) is 9.80 Å². The molecule has 1 aromatic heterocycles. The Labute approximate surface area is 152 Å². The molecule has 0 aliphatic carbocycles. The number of ether oxygens (including phenoxy) is 1. The minimum Gasteiger partial charge on any atom is -0.459 e. The minimum atomic E-state index is -0.638. The average Bonchev–Trinajstić information content (AvgIpc) is 3.18. The van der Waals surface area contributed by atoms with Gasteiger partial charge in [-0.05, 0) is 50.2 Å². The molecular weight excluding hydrogens is 340 g/mol. The van der Waals surface area contributed by atoms with Gasteiger partial charge < -0.3 is 4.74 Å². The van der Waals surface area contributed by atoms with Gasteiger partial charge in [-0.15, -0.1) is 11.3 Å². The largest absolute Gasteiger partial charge is 0.459 e. The second-order valence-corrected chi connectivity index (χ2v) is 9.40. The predicted molar refractivity (Wildman–Crippen MR) is 99.6 cm³/mol. The Bertz CT molecular complexity index is 566. The fraction of sp³-hybridized carbons (Fsp3) is 0.722. The summed E-state index contributed by atoms with van der Waals surface area (Å²) in [5.41, 5.74) is -0.638.